The van der Waals surface area contributed by atoms with Gasteiger partial charge in [-0.2, -0.15) is 0 Å². The summed E-state index contributed by atoms with van der Waals surface area (Å²) in [6.45, 7) is 2.58. The summed E-state index contributed by atoms with van der Waals surface area (Å²) in [5.41, 5.74) is 1.17. The molecule has 2 aliphatic rings. The zero-order valence-corrected chi connectivity index (χ0v) is 27.1. The van der Waals surface area contributed by atoms with E-state index in [2.05, 4.69) is 24.0 Å². The molecule has 1 aromatic rings. The van der Waals surface area contributed by atoms with Crippen LogP contribution in [0.2, 0.25) is 0 Å². The summed E-state index contributed by atoms with van der Waals surface area (Å²) >= 11 is 2.46. The van der Waals surface area contributed by atoms with Gasteiger partial charge >= 0.3 is 5.97 Å². The van der Waals surface area contributed by atoms with Gasteiger partial charge in [0, 0.05) is 11.4 Å². The van der Waals surface area contributed by atoms with E-state index in [0.29, 0.717) is 0 Å². The molecule has 1 aromatic carbocycles. The molecule has 2 heterocycles. The van der Waals surface area contributed by atoms with Crippen molar-refractivity contribution in [2.75, 3.05) is 18.0 Å². The van der Waals surface area contributed by atoms with Crippen molar-refractivity contribution in [2.45, 2.75) is 127 Å². The van der Waals surface area contributed by atoms with E-state index in [1.807, 2.05) is 18.2 Å². The van der Waals surface area contributed by atoms with Crippen LogP contribution in [0.4, 0.5) is 10.5 Å². The van der Waals surface area contributed by atoms with Gasteiger partial charge in [0.25, 0.3) is 11.1 Å². The molecule has 0 aromatic heterocycles. The first-order valence-corrected chi connectivity index (χ1v) is 17.9. The molecule has 2 amide bonds. The fourth-order valence-electron chi connectivity index (χ4n) is 5.51. The van der Waals surface area contributed by atoms with Gasteiger partial charge in [-0.05, 0) is 42.5 Å². The van der Waals surface area contributed by atoms with Crippen LogP contribution in [-0.4, -0.2) is 40.2 Å². The number of thioether (sulfide) groups is 2. The number of hydrogen-bond donors (Lipinski definition) is 1. The molecule has 0 atom stereocenters. The summed E-state index contributed by atoms with van der Waals surface area (Å²) in [5.74, 6) is -1.74. The van der Waals surface area contributed by atoms with Crippen molar-refractivity contribution in [1.29, 1.82) is 0 Å². The smallest absolute Gasteiger partial charge is 0.323 e. The summed E-state index contributed by atoms with van der Waals surface area (Å²) in [7, 11) is 0. The summed E-state index contributed by atoms with van der Waals surface area (Å²) in [4.78, 5) is 40.1. The zero-order valence-electron chi connectivity index (χ0n) is 25.5. The normalized spacial score (nSPS) is 16.8. The van der Waals surface area contributed by atoms with Crippen LogP contribution in [0.3, 0.4) is 0 Å². The lowest BCUT2D eigenvalue weighted by Crippen LogP contribution is -2.33. The number of carbonyl (C=O) groups is 3. The van der Waals surface area contributed by atoms with E-state index in [0.717, 1.165) is 34.7 Å². The van der Waals surface area contributed by atoms with Crippen LogP contribution < -0.4 is 4.90 Å². The number of carboxylic acid groups (broad SMARTS) is 1. The molecule has 8 heteroatoms. The Balaban J connectivity index is 1.29. The first kappa shape index (κ1) is 34.3. The number of amides is 2. The molecule has 3 rings (SSSR count). The number of unbranched alkanes of at least 4 members (excludes halogenated alkanes) is 17. The van der Waals surface area contributed by atoms with Gasteiger partial charge < -0.3 is 10.0 Å². The average Bonchev–Trinajstić information content (AvgIpc) is 3.46. The van der Waals surface area contributed by atoms with Crippen molar-refractivity contribution in [3.05, 3.63) is 46.4 Å². The van der Waals surface area contributed by atoms with Crippen molar-refractivity contribution < 1.29 is 19.5 Å². The highest BCUT2D eigenvalue weighted by molar-refractivity contribution is 8.18. The number of rotatable bonds is 22. The van der Waals surface area contributed by atoms with Crippen LogP contribution in [0.1, 0.15) is 122 Å². The molecule has 0 bridgehead atoms. The maximum Gasteiger partial charge on any atom is 0.323 e. The number of hydrogen-bond acceptors (Lipinski definition) is 6. The van der Waals surface area contributed by atoms with Crippen LogP contribution >= 0.6 is 23.5 Å². The maximum absolute atomic E-state index is 12.5. The number of allylic oxidation sites excluding steroid dienone is 2. The third-order valence-electron chi connectivity index (χ3n) is 7.92. The number of anilines is 1. The Labute approximate surface area is 261 Å². The van der Waals surface area contributed by atoms with Gasteiger partial charge in [0.2, 0.25) is 0 Å². The lowest BCUT2D eigenvalue weighted by Gasteiger charge is -2.20. The highest BCUT2D eigenvalue weighted by Gasteiger charge is 2.36. The number of para-hydroxylation sites is 1. The molecule has 6 nitrogen and oxygen atoms in total. The molecule has 42 heavy (non-hydrogen) atoms. The van der Waals surface area contributed by atoms with Crippen LogP contribution in [0.25, 0.3) is 0 Å². The minimum atomic E-state index is -1.20. The van der Waals surface area contributed by atoms with E-state index in [-0.39, 0.29) is 4.91 Å². The summed E-state index contributed by atoms with van der Waals surface area (Å²) < 4.78 is 0. The molecule has 0 aliphatic carbocycles. The second-order valence-electron chi connectivity index (χ2n) is 11.4. The number of fused-ring (bicyclic) bond motifs is 1. The largest absolute Gasteiger partial charge is 0.480 e. The Morgan fingerprint density at radius 2 is 1.24 bits per heavy atom. The lowest BCUT2D eigenvalue weighted by molar-refractivity contribution is -0.140. The molecule has 1 N–H and O–H groups in total. The van der Waals surface area contributed by atoms with E-state index in [4.69, 9.17) is 5.11 Å². The van der Waals surface area contributed by atoms with E-state index in [1.165, 1.54) is 120 Å². The van der Waals surface area contributed by atoms with E-state index >= 15 is 0 Å². The molecule has 2 aliphatic heterocycles. The highest BCUT2D eigenvalue weighted by Crippen LogP contribution is 2.46. The van der Waals surface area contributed by atoms with Crippen LogP contribution in [0.5, 0.6) is 0 Å². The first-order valence-electron chi connectivity index (χ1n) is 16.2. The van der Waals surface area contributed by atoms with E-state index < -0.39 is 23.7 Å². The number of carbonyl (C=O) groups excluding carboxylic acids is 2. The predicted octanol–water partition coefficient (Wildman–Crippen LogP) is 10.1. The van der Waals surface area contributed by atoms with Crippen LogP contribution in [0, 0.1) is 0 Å². The number of imide groups is 1. The molecule has 232 valence electrons. The van der Waals surface area contributed by atoms with Gasteiger partial charge in [-0.25, -0.2) is 0 Å². The van der Waals surface area contributed by atoms with Crippen molar-refractivity contribution in [3.63, 3.8) is 0 Å². The van der Waals surface area contributed by atoms with Gasteiger partial charge in [0.15, 0.2) is 0 Å². The van der Waals surface area contributed by atoms with Gasteiger partial charge in [-0.15, -0.1) is 0 Å². The van der Waals surface area contributed by atoms with Crippen molar-refractivity contribution in [3.8, 4) is 0 Å². The molecular weight excluding hydrogens is 565 g/mol. The highest BCUT2D eigenvalue weighted by atomic mass is 32.2. The SMILES string of the molecule is CCCCCCCCCCCCCCCCCCCCN1/C(=C\C=C2\SC(=O)N(CC(=O)O)C2=O)Sc2ccccc21. The van der Waals surface area contributed by atoms with Crippen molar-refractivity contribution in [2.24, 2.45) is 0 Å². The fourth-order valence-corrected chi connectivity index (χ4v) is 7.38. The van der Waals surface area contributed by atoms with Gasteiger partial charge in [-0.3, -0.25) is 19.3 Å². The standard InChI is InChI=1S/C34H50N2O4S2/c1-2-3-4-5-6-7-8-9-10-11-12-13-14-15-16-17-18-21-26-35-28-22-19-20-23-29(28)41-31(35)25-24-30-33(39)36(27-32(37)38)34(40)42-30/h19-20,22-25H,2-18,21,26-27H2,1H3,(H,37,38)/b30-24+,31-25+. The summed E-state index contributed by atoms with van der Waals surface area (Å²) in [6.07, 6.45) is 28.0. The van der Waals surface area contributed by atoms with Crippen molar-refractivity contribution >= 4 is 46.3 Å². The Morgan fingerprint density at radius 1 is 0.714 bits per heavy atom. The maximum atomic E-state index is 12.5. The minimum absolute atomic E-state index is 0.262. The second kappa shape index (κ2) is 19.9. The van der Waals surface area contributed by atoms with Crippen LogP contribution in [0.15, 0.2) is 51.2 Å². The van der Waals surface area contributed by atoms with E-state index in [1.54, 1.807) is 17.8 Å². The molecule has 1 fully saturated rings. The van der Waals surface area contributed by atoms with Gasteiger partial charge in [-0.1, -0.05) is 140 Å². The molecule has 0 saturated carbocycles. The predicted molar refractivity (Wildman–Crippen MR) is 177 cm³/mol. The number of nitrogens with zero attached hydrogens (tertiary/aromatic N) is 2. The monoisotopic (exact) mass is 614 g/mol. The summed E-state index contributed by atoms with van der Waals surface area (Å²) in [5, 5.41) is 9.47. The molecule has 1 saturated heterocycles. The first-order chi connectivity index (χ1) is 20.5. The van der Waals surface area contributed by atoms with E-state index in [9.17, 15) is 14.4 Å². The Bertz CT molecular complexity index is 1070. The molecule has 0 spiro atoms. The third kappa shape index (κ3) is 11.8. The lowest BCUT2D eigenvalue weighted by atomic mass is 10.0. The topological polar surface area (TPSA) is 77.9 Å². The molecule has 0 unspecified atom stereocenters. The van der Waals surface area contributed by atoms with Crippen molar-refractivity contribution in [1.82, 2.24) is 4.90 Å². The number of carboxylic acids is 1. The van der Waals surface area contributed by atoms with Crippen LogP contribution in [-0.2, 0) is 9.59 Å². The second-order valence-corrected chi connectivity index (χ2v) is 13.5. The summed E-state index contributed by atoms with van der Waals surface area (Å²) in [6, 6.07) is 8.30. The van der Waals surface area contributed by atoms with Gasteiger partial charge in [0.05, 0.1) is 15.6 Å². The van der Waals surface area contributed by atoms with Gasteiger partial charge in [0.1, 0.15) is 6.54 Å². The third-order valence-corrected chi connectivity index (χ3v) is 9.97. The Morgan fingerprint density at radius 3 is 1.79 bits per heavy atom. The fraction of sp³-hybridized carbons (Fsp3) is 0.618. The Hall–Kier alpha value is -2.19. The number of aliphatic carboxylic acids is 1. The molecular formula is C34H50N2O4S2. The molecule has 0 radical (unpaired) electrons. The Kier molecular flexibility index (Phi) is 16.2. The zero-order chi connectivity index (χ0) is 30.0. The quantitative estimate of drug-likeness (QED) is 0.103. The minimum Gasteiger partial charge on any atom is -0.480 e. The average molecular weight is 615 g/mol. The number of benzene rings is 1.